The number of imidazole rings is 1. The van der Waals surface area contributed by atoms with Crippen LogP contribution in [-0.4, -0.2) is 32.6 Å². The molecule has 124 valence electrons. The van der Waals surface area contributed by atoms with Crippen molar-refractivity contribution >= 4 is 5.91 Å². The Hall–Kier alpha value is -2.88. The molecule has 0 aliphatic carbocycles. The molecular weight excluding hydrogens is 304 g/mol. The van der Waals surface area contributed by atoms with Gasteiger partial charge in [0.2, 0.25) is 5.91 Å². The summed E-state index contributed by atoms with van der Waals surface area (Å²) in [6.07, 6.45) is 15.0. The number of aromatic amines is 1. The summed E-state index contributed by atoms with van der Waals surface area (Å²) < 4.78 is 1.90. The van der Waals surface area contributed by atoms with Crippen LogP contribution < -0.4 is 5.32 Å². The number of H-pyrrole nitrogens is 1. The molecule has 2 aromatic heterocycles. The van der Waals surface area contributed by atoms with Gasteiger partial charge in [0.15, 0.2) is 5.66 Å². The van der Waals surface area contributed by atoms with Gasteiger partial charge in [-0.1, -0.05) is 0 Å². The topological polar surface area (TPSA) is 87.4 Å². The minimum atomic E-state index is -0.369. The number of amides is 1. The second kappa shape index (κ2) is 7.13. The third kappa shape index (κ3) is 3.90. The molecule has 2 aromatic rings. The molecule has 2 N–H and O–H groups in total. The first kappa shape index (κ1) is 16.0. The van der Waals surface area contributed by atoms with Gasteiger partial charge in [-0.05, 0) is 12.1 Å². The van der Waals surface area contributed by atoms with E-state index in [0.29, 0.717) is 25.8 Å². The predicted molar refractivity (Wildman–Crippen MR) is 89.0 cm³/mol. The quantitative estimate of drug-likeness (QED) is 0.692. The summed E-state index contributed by atoms with van der Waals surface area (Å²) in [6, 6.07) is 3.49. The lowest BCUT2D eigenvalue weighted by molar-refractivity contribution is -0.124. The summed E-state index contributed by atoms with van der Waals surface area (Å²) in [4.78, 5) is 19.7. The molecule has 24 heavy (non-hydrogen) atoms. The zero-order valence-electron chi connectivity index (χ0n) is 13.4. The number of carbonyl (C=O) groups is 1. The van der Waals surface area contributed by atoms with Gasteiger partial charge >= 0.3 is 0 Å². The molecule has 0 fully saturated rings. The maximum Gasteiger partial charge on any atom is 0.243 e. The van der Waals surface area contributed by atoms with Crippen LogP contribution in [0.5, 0.6) is 0 Å². The fourth-order valence-electron chi connectivity index (χ4n) is 2.67. The van der Waals surface area contributed by atoms with E-state index in [1.807, 2.05) is 29.1 Å². The van der Waals surface area contributed by atoms with Crippen molar-refractivity contribution in [2.24, 2.45) is 10.2 Å². The summed E-state index contributed by atoms with van der Waals surface area (Å²) in [6.45, 7) is 0.525. The zero-order valence-corrected chi connectivity index (χ0v) is 13.4. The van der Waals surface area contributed by atoms with Crippen LogP contribution in [0.2, 0.25) is 0 Å². The van der Waals surface area contributed by atoms with Gasteiger partial charge in [0.05, 0.1) is 6.33 Å². The lowest BCUT2D eigenvalue weighted by Crippen LogP contribution is -2.35. The minimum absolute atomic E-state index is 0.0338. The van der Waals surface area contributed by atoms with Gasteiger partial charge in [0.25, 0.3) is 0 Å². The Morgan fingerprint density at radius 1 is 1.38 bits per heavy atom. The molecule has 7 heteroatoms. The Kier molecular flexibility index (Phi) is 4.75. The highest BCUT2D eigenvalue weighted by Gasteiger charge is 2.38. The summed E-state index contributed by atoms with van der Waals surface area (Å²) >= 11 is 0. The maximum absolute atomic E-state index is 12.6. The Morgan fingerprint density at radius 3 is 2.79 bits per heavy atom. The SMILES string of the molecule is C#CCCC1(CCNC(=O)C(Cc2cnc[nH]2)n2cccc2)N=N1. The molecule has 1 amide bonds. The third-order valence-corrected chi connectivity index (χ3v) is 4.14. The summed E-state index contributed by atoms with van der Waals surface area (Å²) in [5.41, 5.74) is 0.549. The van der Waals surface area contributed by atoms with E-state index in [2.05, 4.69) is 31.4 Å². The van der Waals surface area contributed by atoms with Gasteiger partial charge in [-0.3, -0.25) is 4.79 Å². The van der Waals surface area contributed by atoms with Crippen molar-refractivity contribution in [1.82, 2.24) is 19.9 Å². The van der Waals surface area contributed by atoms with Crippen molar-refractivity contribution in [3.8, 4) is 12.3 Å². The lowest BCUT2D eigenvalue weighted by Gasteiger charge is -2.18. The first-order valence-electron chi connectivity index (χ1n) is 7.97. The summed E-state index contributed by atoms with van der Waals surface area (Å²) in [5.74, 6) is 2.57. The molecular formula is C17H20N6O. The van der Waals surface area contributed by atoms with Crippen LogP contribution in [0.3, 0.4) is 0 Å². The molecule has 1 aliphatic rings. The minimum Gasteiger partial charge on any atom is -0.354 e. The summed E-state index contributed by atoms with van der Waals surface area (Å²) in [7, 11) is 0. The van der Waals surface area contributed by atoms with Gasteiger partial charge in [-0.2, -0.15) is 10.2 Å². The molecule has 0 aromatic carbocycles. The van der Waals surface area contributed by atoms with Crippen LogP contribution in [-0.2, 0) is 11.2 Å². The molecule has 0 radical (unpaired) electrons. The van der Waals surface area contributed by atoms with E-state index >= 15 is 0 Å². The highest BCUT2D eigenvalue weighted by molar-refractivity contribution is 5.80. The van der Waals surface area contributed by atoms with E-state index in [1.54, 1.807) is 12.5 Å². The highest BCUT2D eigenvalue weighted by Crippen LogP contribution is 2.36. The van der Waals surface area contributed by atoms with Crippen LogP contribution in [0.1, 0.15) is 31.0 Å². The van der Waals surface area contributed by atoms with E-state index in [9.17, 15) is 4.79 Å². The molecule has 3 heterocycles. The molecule has 7 nitrogen and oxygen atoms in total. The van der Waals surface area contributed by atoms with Crippen LogP contribution in [0.4, 0.5) is 0 Å². The average Bonchev–Trinajstić information content (AvgIpc) is 2.99. The summed E-state index contributed by atoms with van der Waals surface area (Å²) in [5, 5.41) is 11.2. The van der Waals surface area contributed by atoms with E-state index in [-0.39, 0.29) is 17.6 Å². The van der Waals surface area contributed by atoms with E-state index in [0.717, 1.165) is 12.1 Å². The van der Waals surface area contributed by atoms with Crippen LogP contribution in [0, 0.1) is 12.3 Å². The van der Waals surface area contributed by atoms with Crippen molar-refractivity contribution in [2.75, 3.05) is 6.54 Å². The fraction of sp³-hybridized carbons (Fsp3) is 0.412. The number of carbonyl (C=O) groups excluding carboxylic acids is 1. The van der Waals surface area contributed by atoms with Crippen molar-refractivity contribution < 1.29 is 4.79 Å². The molecule has 0 bridgehead atoms. The first-order valence-corrected chi connectivity index (χ1v) is 7.97. The highest BCUT2D eigenvalue weighted by atomic mass is 16.2. The van der Waals surface area contributed by atoms with Crippen molar-refractivity contribution in [3.05, 3.63) is 42.7 Å². The number of nitrogens with one attached hydrogen (secondary N) is 2. The Morgan fingerprint density at radius 2 is 2.17 bits per heavy atom. The third-order valence-electron chi connectivity index (χ3n) is 4.14. The van der Waals surface area contributed by atoms with Crippen LogP contribution in [0.25, 0.3) is 0 Å². The molecule has 1 unspecified atom stereocenters. The maximum atomic E-state index is 12.6. The Balaban J connectivity index is 1.55. The second-order valence-electron chi connectivity index (χ2n) is 5.85. The lowest BCUT2D eigenvalue weighted by atomic mass is 10.0. The van der Waals surface area contributed by atoms with Crippen molar-refractivity contribution in [3.63, 3.8) is 0 Å². The standard InChI is InChI=1S/C17H20N6O/c1-2-3-6-17(21-22-17)7-8-19-16(24)15(23-9-4-5-10-23)11-14-12-18-13-20-14/h1,4-5,9-10,12-13,15H,3,6-8,11H2,(H,18,20)(H,19,24). The Labute approximate surface area is 140 Å². The van der Waals surface area contributed by atoms with Gasteiger partial charge in [0.1, 0.15) is 6.04 Å². The average molecular weight is 324 g/mol. The number of nitrogens with zero attached hydrogens (tertiary/aromatic N) is 4. The van der Waals surface area contributed by atoms with Gasteiger partial charge < -0.3 is 14.9 Å². The Bertz CT molecular complexity index is 720. The number of hydrogen-bond donors (Lipinski definition) is 2. The number of terminal acetylenes is 1. The molecule has 3 rings (SSSR count). The predicted octanol–water partition coefficient (Wildman–Crippen LogP) is 2.08. The van der Waals surface area contributed by atoms with Crippen LogP contribution >= 0.6 is 0 Å². The molecule has 0 saturated heterocycles. The second-order valence-corrected chi connectivity index (χ2v) is 5.85. The largest absolute Gasteiger partial charge is 0.354 e. The molecule has 0 saturated carbocycles. The van der Waals surface area contributed by atoms with Crippen LogP contribution in [0.15, 0.2) is 47.3 Å². The van der Waals surface area contributed by atoms with E-state index in [4.69, 9.17) is 6.42 Å². The van der Waals surface area contributed by atoms with Gasteiger partial charge in [0, 0.05) is 56.5 Å². The van der Waals surface area contributed by atoms with E-state index < -0.39 is 0 Å². The monoisotopic (exact) mass is 324 g/mol. The van der Waals surface area contributed by atoms with E-state index in [1.165, 1.54) is 0 Å². The molecule has 0 spiro atoms. The normalized spacial score (nSPS) is 15.6. The number of aromatic nitrogens is 3. The van der Waals surface area contributed by atoms with Crippen molar-refractivity contribution in [2.45, 2.75) is 37.4 Å². The molecule has 1 aliphatic heterocycles. The number of rotatable bonds is 9. The fourth-order valence-corrected chi connectivity index (χ4v) is 2.67. The first-order chi connectivity index (χ1) is 11.7. The van der Waals surface area contributed by atoms with Gasteiger partial charge in [-0.25, -0.2) is 4.98 Å². The zero-order chi connectivity index (χ0) is 16.8. The van der Waals surface area contributed by atoms with Gasteiger partial charge in [-0.15, -0.1) is 12.3 Å². The molecule has 1 atom stereocenters. The van der Waals surface area contributed by atoms with Crippen molar-refractivity contribution in [1.29, 1.82) is 0 Å². The smallest absolute Gasteiger partial charge is 0.243 e. The number of hydrogen-bond acceptors (Lipinski definition) is 4.